The molecule has 0 spiro atoms. The number of rotatable bonds is 3. The quantitative estimate of drug-likeness (QED) is 0.749. The Bertz CT molecular complexity index is 845. The smallest absolute Gasteiger partial charge is 0.314 e. The molecule has 1 fully saturated rings. The van der Waals surface area contributed by atoms with E-state index in [0.717, 1.165) is 39.2 Å². The van der Waals surface area contributed by atoms with E-state index in [1.165, 1.54) is 0 Å². The van der Waals surface area contributed by atoms with E-state index in [1.54, 1.807) is 11.3 Å². The molecule has 1 aliphatic carbocycles. The minimum absolute atomic E-state index is 0.705. The molecular weight excluding hydrogens is 306 g/mol. The first-order valence-corrected chi connectivity index (χ1v) is 8.71. The summed E-state index contributed by atoms with van der Waals surface area (Å²) in [6, 6.07) is 15.9. The Morgan fingerprint density at radius 2 is 1.74 bits per heavy atom. The number of benzene rings is 2. The summed E-state index contributed by atoms with van der Waals surface area (Å²) >= 11 is 1.63. The second-order valence-corrected chi connectivity index (χ2v) is 7.16. The molecule has 3 aromatic rings. The van der Waals surface area contributed by atoms with Crippen LogP contribution in [-0.2, 0) is 10.2 Å². The van der Waals surface area contributed by atoms with Gasteiger partial charge in [-0.25, -0.2) is 4.98 Å². The summed E-state index contributed by atoms with van der Waals surface area (Å²) in [5, 5.41) is 10.8. The normalized spacial score (nSPS) is 16.7. The molecule has 0 aliphatic heterocycles. The zero-order valence-corrected chi connectivity index (χ0v) is 13.5. The number of fused-ring (bicyclic) bond motifs is 1. The number of nitrogens with zero attached hydrogens (tertiary/aromatic N) is 1. The third-order valence-electron chi connectivity index (χ3n) is 4.83. The lowest BCUT2D eigenvalue weighted by Gasteiger charge is -2.26. The second kappa shape index (κ2) is 5.46. The fraction of sp³-hybridized carbons (Fsp3) is 0.263. The van der Waals surface area contributed by atoms with Crippen LogP contribution in [0.3, 0.4) is 0 Å². The Balaban J connectivity index is 1.91. The summed E-state index contributed by atoms with van der Waals surface area (Å²) in [6.45, 7) is 0. The summed E-state index contributed by atoms with van der Waals surface area (Å²) in [5.41, 5.74) is 2.11. The molecule has 4 heteroatoms. The first kappa shape index (κ1) is 14.4. The lowest BCUT2D eigenvalue weighted by Crippen LogP contribution is -2.33. The Morgan fingerprint density at radius 3 is 2.48 bits per heavy atom. The Labute approximate surface area is 138 Å². The average molecular weight is 323 g/mol. The molecule has 1 aromatic heterocycles. The third kappa shape index (κ3) is 2.25. The van der Waals surface area contributed by atoms with Gasteiger partial charge in [0.15, 0.2) is 0 Å². The van der Waals surface area contributed by atoms with Crippen LogP contribution in [0.5, 0.6) is 0 Å². The van der Waals surface area contributed by atoms with Gasteiger partial charge in [-0.1, -0.05) is 49.2 Å². The highest BCUT2D eigenvalue weighted by Crippen LogP contribution is 2.46. The highest BCUT2D eigenvalue weighted by atomic mass is 32.1. The zero-order chi connectivity index (χ0) is 15.9. The molecule has 23 heavy (non-hydrogen) atoms. The van der Waals surface area contributed by atoms with Crippen LogP contribution in [0.1, 0.15) is 31.2 Å². The van der Waals surface area contributed by atoms with Crippen molar-refractivity contribution in [3.05, 3.63) is 54.1 Å². The molecule has 0 bridgehead atoms. The SMILES string of the molecule is O=C(O)C1(c2ccccc2-c2nc3ccccc3s2)CCCC1. The molecule has 3 nitrogen and oxygen atoms in total. The molecule has 0 amide bonds. The van der Waals surface area contributed by atoms with Gasteiger partial charge in [0.2, 0.25) is 0 Å². The standard InChI is InChI=1S/C19H17NO2S/c21-18(22)19(11-5-6-12-19)14-8-2-1-7-13(14)17-20-15-9-3-4-10-16(15)23-17/h1-4,7-10H,5-6,11-12H2,(H,21,22). The molecule has 116 valence electrons. The largest absolute Gasteiger partial charge is 0.481 e. The van der Waals surface area contributed by atoms with Gasteiger partial charge in [0.25, 0.3) is 0 Å². The average Bonchev–Trinajstić information content (AvgIpc) is 3.22. The Hall–Kier alpha value is -2.20. The fourth-order valence-electron chi connectivity index (χ4n) is 3.65. The van der Waals surface area contributed by atoms with Gasteiger partial charge in [0, 0.05) is 5.56 Å². The minimum Gasteiger partial charge on any atom is -0.481 e. The van der Waals surface area contributed by atoms with Gasteiger partial charge in [-0.05, 0) is 30.5 Å². The summed E-state index contributed by atoms with van der Waals surface area (Å²) in [4.78, 5) is 16.8. The molecule has 4 rings (SSSR count). The number of hydrogen-bond acceptors (Lipinski definition) is 3. The van der Waals surface area contributed by atoms with Crippen molar-refractivity contribution >= 4 is 27.5 Å². The Kier molecular flexibility index (Phi) is 3.42. The van der Waals surface area contributed by atoms with Gasteiger partial charge in [-0.3, -0.25) is 4.79 Å². The minimum atomic E-state index is -0.756. The maximum Gasteiger partial charge on any atom is 0.314 e. The van der Waals surface area contributed by atoms with E-state index in [9.17, 15) is 9.90 Å². The zero-order valence-electron chi connectivity index (χ0n) is 12.7. The maximum absolute atomic E-state index is 12.1. The number of thiazole rings is 1. The topological polar surface area (TPSA) is 50.2 Å². The highest BCUT2D eigenvalue weighted by molar-refractivity contribution is 7.21. The van der Waals surface area contributed by atoms with Crippen LogP contribution in [0.25, 0.3) is 20.8 Å². The number of hydrogen-bond donors (Lipinski definition) is 1. The lowest BCUT2D eigenvalue weighted by atomic mass is 9.77. The van der Waals surface area contributed by atoms with E-state index < -0.39 is 11.4 Å². The molecule has 2 aromatic carbocycles. The van der Waals surface area contributed by atoms with Crippen LogP contribution >= 0.6 is 11.3 Å². The van der Waals surface area contributed by atoms with Gasteiger partial charge in [-0.15, -0.1) is 11.3 Å². The molecule has 1 aliphatic rings. The first-order chi connectivity index (χ1) is 11.2. The van der Waals surface area contributed by atoms with Crippen molar-refractivity contribution in [2.75, 3.05) is 0 Å². The predicted molar refractivity (Wildman–Crippen MR) is 92.8 cm³/mol. The van der Waals surface area contributed by atoms with E-state index in [2.05, 4.69) is 6.07 Å². The summed E-state index contributed by atoms with van der Waals surface area (Å²) < 4.78 is 1.13. The van der Waals surface area contributed by atoms with E-state index >= 15 is 0 Å². The molecule has 0 atom stereocenters. The van der Waals surface area contributed by atoms with Crippen LogP contribution in [-0.4, -0.2) is 16.1 Å². The number of aliphatic carboxylic acids is 1. The van der Waals surface area contributed by atoms with Crippen LogP contribution in [0, 0.1) is 0 Å². The number of para-hydroxylation sites is 1. The molecule has 1 heterocycles. The molecular formula is C19H17NO2S. The van der Waals surface area contributed by atoms with Gasteiger partial charge in [0.1, 0.15) is 5.01 Å². The Morgan fingerprint density at radius 1 is 1.04 bits per heavy atom. The van der Waals surface area contributed by atoms with Crippen LogP contribution < -0.4 is 0 Å². The second-order valence-electron chi connectivity index (χ2n) is 6.13. The van der Waals surface area contributed by atoms with Gasteiger partial charge >= 0.3 is 5.97 Å². The summed E-state index contributed by atoms with van der Waals surface area (Å²) in [7, 11) is 0. The van der Waals surface area contributed by atoms with Gasteiger partial charge in [-0.2, -0.15) is 0 Å². The van der Waals surface area contributed by atoms with E-state index in [1.807, 2.05) is 42.5 Å². The molecule has 0 unspecified atom stereocenters. The number of aromatic nitrogens is 1. The number of carboxylic acids is 1. The summed E-state index contributed by atoms with van der Waals surface area (Å²) in [5.74, 6) is -0.705. The van der Waals surface area contributed by atoms with E-state index in [-0.39, 0.29) is 0 Å². The van der Waals surface area contributed by atoms with Crippen molar-refractivity contribution in [2.45, 2.75) is 31.1 Å². The lowest BCUT2D eigenvalue weighted by molar-refractivity contribution is -0.143. The van der Waals surface area contributed by atoms with E-state index in [4.69, 9.17) is 4.98 Å². The molecule has 1 N–H and O–H groups in total. The number of carboxylic acid groups (broad SMARTS) is 1. The van der Waals surface area contributed by atoms with Gasteiger partial charge < -0.3 is 5.11 Å². The first-order valence-electron chi connectivity index (χ1n) is 7.90. The van der Waals surface area contributed by atoms with E-state index in [0.29, 0.717) is 12.8 Å². The highest BCUT2D eigenvalue weighted by Gasteiger charge is 2.44. The van der Waals surface area contributed by atoms with Crippen LogP contribution in [0.4, 0.5) is 0 Å². The molecule has 0 saturated heterocycles. The van der Waals surface area contributed by atoms with Crippen LogP contribution in [0.15, 0.2) is 48.5 Å². The van der Waals surface area contributed by atoms with Crippen molar-refractivity contribution in [3.63, 3.8) is 0 Å². The molecule has 0 radical (unpaired) electrons. The fourth-order valence-corrected chi connectivity index (χ4v) is 4.66. The summed E-state index contributed by atoms with van der Waals surface area (Å²) in [6.07, 6.45) is 3.37. The van der Waals surface area contributed by atoms with Crippen molar-refractivity contribution in [3.8, 4) is 10.6 Å². The monoisotopic (exact) mass is 323 g/mol. The predicted octanol–water partition coefficient (Wildman–Crippen LogP) is 4.86. The maximum atomic E-state index is 12.1. The third-order valence-corrected chi connectivity index (χ3v) is 5.90. The van der Waals surface area contributed by atoms with Crippen molar-refractivity contribution in [2.24, 2.45) is 0 Å². The van der Waals surface area contributed by atoms with Gasteiger partial charge in [0.05, 0.1) is 15.6 Å². The van der Waals surface area contributed by atoms with Crippen molar-refractivity contribution in [1.82, 2.24) is 4.98 Å². The van der Waals surface area contributed by atoms with Crippen molar-refractivity contribution < 1.29 is 9.90 Å². The molecule has 1 saturated carbocycles. The number of carbonyl (C=O) groups is 1. The van der Waals surface area contributed by atoms with Crippen LogP contribution in [0.2, 0.25) is 0 Å². The van der Waals surface area contributed by atoms with Crippen molar-refractivity contribution in [1.29, 1.82) is 0 Å².